The van der Waals surface area contributed by atoms with E-state index in [1.54, 1.807) is 12.1 Å². The molecule has 0 unspecified atom stereocenters. The van der Waals surface area contributed by atoms with Crippen molar-refractivity contribution < 1.29 is 9.13 Å². The van der Waals surface area contributed by atoms with E-state index in [-0.39, 0.29) is 35.2 Å². The molecule has 0 amide bonds. The Bertz CT molecular complexity index is 584. The van der Waals surface area contributed by atoms with E-state index in [0.717, 1.165) is 64.7 Å². The molecule has 0 aromatic heterocycles. The summed E-state index contributed by atoms with van der Waals surface area (Å²) in [5.41, 5.74) is 1.31. The van der Waals surface area contributed by atoms with Crippen LogP contribution in [-0.2, 0) is 10.2 Å². The number of guanidine groups is 1. The Morgan fingerprint density at radius 3 is 2.44 bits per heavy atom. The molecule has 1 aliphatic heterocycles. The third-order valence-electron chi connectivity index (χ3n) is 5.66. The topological polar surface area (TPSA) is 48.9 Å². The van der Waals surface area contributed by atoms with Crippen LogP contribution in [0.2, 0.25) is 0 Å². The second kappa shape index (κ2) is 11.2. The molecule has 2 fully saturated rings. The van der Waals surface area contributed by atoms with Gasteiger partial charge in [0, 0.05) is 45.2 Å². The lowest BCUT2D eigenvalue weighted by Crippen LogP contribution is -2.47. The fraction of sp³-hybridized carbons (Fsp3) is 0.650. The maximum Gasteiger partial charge on any atom is 0.191 e. The minimum atomic E-state index is -0.171. The van der Waals surface area contributed by atoms with Crippen LogP contribution in [0.1, 0.15) is 31.2 Å². The molecule has 1 saturated carbocycles. The van der Waals surface area contributed by atoms with Gasteiger partial charge in [0.2, 0.25) is 0 Å². The predicted octanol–water partition coefficient (Wildman–Crippen LogP) is 2.75. The van der Waals surface area contributed by atoms with Crippen molar-refractivity contribution in [1.29, 1.82) is 0 Å². The molecule has 2 aliphatic rings. The van der Waals surface area contributed by atoms with Crippen molar-refractivity contribution in [1.82, 2.24) is 15.5 Å². The van der Waals surface area contributed by atoms with Gasteiger partial charge in [-0.3, -0.25) is 9.89 Å². The molecule has 1 aromatic carbocycles. The lowest BCUT2D eigenvalue weighted by atomic mass is 9.79. The summed E-state index contributed by atoms with van der Waals surface area (Å²) in [5.74, 6) is 0.669. The van der Waals surface area contributed by atoms with Crippen LogP contribution >= 0.6 is 24.0 Å². The van der Waals surface area contributed by atoms with Gasteiger partial charge in [-0.25, -0.2) is 4.39 Å². The van der Waals surface area contributed by atoms with E-state index in [1.807, 2.05) is 19.2 Å². The van der Waals surface area contributed by atoms with E-state index in [4.69, 9.17) is 4.74 Å². The van der Waals surface area contributed by atoms with Crippen LogP contribution in [0.4, 0.5) is 4.39 Å². The Balaban J connectivity index is 0.00000261. The molecule has 0 radical (unpaired) electrons. The number of nitrogens with one attached hydrogen (secondary N) is 2. The fourth-order valence-electron chi connectivity index (χ4n) is 4.05. The summed E-state index contributed by atoms with van der Waals surface area (Å²) in [7, 11) is 1.81. The summed E-state index contributed by atoms with van der Waals surface area (Å²) in [6, 6.07) is 7.03. The van der Waals surface area contributed by atoms with Crippen LogP contribution in [0.15, 0.2) is 29.3 Å². The Labute approximate surface area is 179 Å². The first-order chi connectivity index (χ1) is 12.7. The lowest BCUT2D eigenvalue weighted by molar-refractivity contribution is 0.0389. The van der Waals surface area contributed by atoms with Gasteiger partial charge in [0.25, 0.3) is 0 Å². The summed E-state index contributed by atoms with van der Waals surface area (Å²) in [5, 5.41) is 6.92. The van der Waals surface area contributed by atoms with Crippen LogP contribution in [0.5, 0.6) is 0 Å². The van der Waals surface area contributed by atoms with Crippen molar-refractivity contribution in [3.8, 4) is 0 Å². The monoisotopic (exact) mass is 490 g/mol. The van der Waals surface area contributed by atoms with E-state index in [2.05, 4.69) is 20.5 Å². The van der Waals surface area contributed by atoms with Crippen molar-refractivity contribution in [2.24, 2.45) is 4.99 Å². The molecule has 0 spiro atoms. The molecule has 5 nitrogen and oxygen atoms in total. The van der Waals surface area contributed by atoms with Gasteiger partial charge in [0.15, 0.2) is 5.96 Å². The van der Waals surface area contributed by atoms with Crippen molar-refractivity contribution in [3.05, 3.63) is 35.6 Å². The normalized spacial score (nSPS) is 20.1. The molecule has 0 bridgehead atoms. The summed E-state index contributed by atoms with van der Waals surface area (Å²) in [4.78, 5) is 6.77. The number of halogens is 2. The van der Waals surface area contributed by atoms with Crippen LogP contribution in [0, 0.1) is 5.82 Å². The van der Waals surface area contributed by atoms with Crippen molar-refractivity contribution in [2.75, 3.05) is 53.0 Å². The zero-order valence-electron chi connectivity index (χ0n) is 16.2. The van der Waals surface area contributed by atoms with Gasteiger partial charge >= 0.3 is 0 Å². The molecule has 27 heavy (non-hydrogen) atoms. The maximum atomic E-state index is 13.3. The number of benzene rings is 1. The Morgan fingerprint density at radius 2 is 1.81 bits per heavy atom. The van der Waals surface area contributed by atoms with Gasteiger partial charge in [-0.2, -0.15) is 0 Å². The number of ether oxygens (including phenoxy) is 1. The number of nitrogens with zero attached hydrogens (tertiary/aromatic N) is 2. The number of rotatable bonds is 6. The van der Waals surface area contributed by atoms with Gasteiger partial charge in [0.1, 0.15) is 5.82 Å². The molecule has 7 heteroatoms. The summed E-state index contributed by atoms with van der Waals surface area (Å²) in [6.07, 6.45) is 4.72. The average Bonchev–Trinajstić information content (AvgIpc) is 3.16. The molecule has 3 rings (SSSR count). The molecular formula is C20H32FIN4O. The van der Waals surface area contributed by atoms with Crippen molar-refractivity contribution in [2.45, 2.75) is 31.1 Å². The van der Waals surface area contributed by atoms with E-state index >= 15 is 0 Å². The molecule has 2 N–H and O–H groups in total. The number of aliphatic imine (C=N–C) groups is 1. The van der Waals surface area contributed by atoms with E-state index in [0.29, 0.717) is 0 Å². The third kappa shape index (κ3) is 6.29. The highest BCUT2D eigenvalue weighted by atomic mass is 127. The lowest BCUT2D eigenvalue weighted by Gasteiger charge is -2.31. The average molecular weight is 490 g/mol. The fourth-order valence-corrected chi connectivity index (χ4v) is 4.05. The van der Waals surface area contributed by atoms with Crippen LogP contribution in [0.3, 0.4) is 0 Å². The van der Waals surface area contributed by atoms with Gasteiger partial charge in [-0.05, 0) is 30.5 Å². The first-order valence-electron chi connectivity index (χ1n) is 9.72. The standard InChI is InChI=1S/C20H31FN4O.HI/c1-22-19(23-10-11-25-12-14-26-15-13-25)24-16-20(8-2-3-9-20)17-4-6-18(21)7-5-17;/h4-7H,2-3,8-16H2,1H3,(H2,22,23,24);1H. The Hall–Kier alpha value is -0.930. The molecule has 1 aliphatic carbocycles. The van der Waals surface area contributed by atoms with E-state index in [9.17, 15) is 4.39 Å². The number of hydrogen-bond donors (Lipinski definition) is 2. The van der Waals surface area contributed by atoms with Gasteiger partial charge < -0.3 is 15.4 Å². The second-order valence-electron chi connectivity index (χ2n) is 7.30. The zero-order chi connectivity index (χ0) is 18.2. The summed E-state index contributed by atoms with van der Waals surface area (Å²) >= 11 is 0. The second-order valence-corrected chi connectivity index (χ2v) is 7.30. The minimum Gasteiger partial charge on any atom is -0.379 e. The SMILES string of the molecule is CN=C(NCCN1CCOCC1)NCC1(c2ccc(F)cc2)CCCC1.I. The molecule has 1 heterocycles. The highest BCUT2D eigenvalue weighted by Gasteiger charge is 2.35. The number of hydrogen-bond acceptors (Lipinski definition) is 3. The van der Waals surface area contributed by atoms with E-state index < -0.39 is 0 Å². The molecule has 152 valence electrons. The Morgan fingerprint density at radius 1 is 1.15 bits per heavy atom. The summed E-state index contributed by atoms with van der Waals surface area (Å²) in [6.45, 7) is 6.34. The van der Waals surface area contributed by atoms with Crippen LogP contribution < -0.4 is 10.6 Å². The van der Waals surface area contributed by atoms with E-state index in [1.165, 1.54) is 18.4 Å². The third-order valence-corrected chi connectivity index (χ3v) is 5.66. The highest BCUT2D eigenvalue weighted by molar-refractivity contribution is 14.0. The maximum absolute atomic E-state index is 13.3. The van der Waals surface area contributed by atoms with Crippen molar-refractivity contribution in [3.63, 3.8) is 0 Å². The molecule has 1 aromatic rings. The van der Waals surface area contributed by atoms with Crippen molar-refractivity contribution >= 4 is 29.9 Å². The van der Waals surface area contributed by atoms with Gasteiger partial charge in [-0.15, -0.1) is 24.0 Å². The predicted molar refractivity (Wildman–Crippen MR) is 119 cm³/mol. The molecule has 0 atom stereocenters. The first kappa shape index (κ1) is 22.4. The smallest absolute Gasteiger partial charge is 0.191 e. The quantitative estimate of drug-likeness (QED) is 0.366. The van der Waals surface area contributed by atoms with Crippen LogP contribution in [0.25, 0.3) is 0 Å². The molecular weight excluding hydrogens is 458 g/mol. The minimum absolute atomic E-state index is 0. The molecule has 1 saturated heterocycles. The number of morpholine rings is 1. The summed E-state index contributed by atoms with van der Waals surface area (Å²) < 4.78 is 18.7. The zero-order valence-corrected chi connectivity index (χ0v) is 18.5. The Kier molecular flexibility index (Phi) is 9.25. The highest BCUT2D eigenvalue weighted by Crippen LogP contribution is 2.40. The van der Waals surface area contributed by atoms with Gasteiger partial charge in [-0.1, -0.05) is 25.0 Å². The largest absolute Gasteiger partial charge is 0.379 e. The van der Waals surface area contributed by atoms with Crippen LogP contribution in [-0.4, -0.2) is 63.8 Å². The first-order valence-corrected chi connectivity index (χ1v) is 9.72. The van der Waals surface area contributed by atoms with Gasteiger partial charge in [0.05, 0.1) is 13.2 Å².